The number of hydrogen-bond donors (Lipinski definition) is 1. The zero-order valence-corrected chi connectivity index (χ0v) is 18.7. The summed E-state index contributed by atoms with van der Waals surface area (Å²) in [5.74, 6) is -0.348. The van der Waals surface area contributed by atoms with Crippen molar-refractivity contribution in [3.05, 3.63) is 48.5 Å². The van der Waals surface area contributed by atoms with E-state index in [1.807, 2.05) is 0 Å². The molecule has 176 valence electrons. The number of anilines is 1. The predicted octanol–water partition coefficient (Wildman–Crippen LogP) is 4.42. The van der Waals surface area contributed by atoms with Crippen molar-refractivity contribution in [2.75, 3.05) is 25.0 Å². The zero-order valence-electron chi connectivity index (χ0n) is 17.8. The van der Waals surface area contributed by atoms with Crippen LogP contribution in [0.15, 0.2) is 53.4 Å². The van der Waals surface area contributed by atoms with Crippen molar-refractivity contribution in [3.8, 4) is 11.5 Å². The van der Waals surface area contributed by atoms with Crippen molar-refractivity contribution < 1.29 is 35.9 Å². The van der Waals surface area contributed by atoms with Gasteiger partial charge in [-0.05, 0) is 37.3 Å². The van der Waals surface area contributed by atoms with Gasteiger partial charge in [0.15, 0.2) is 5.75 Å². The van der Waals surface area contributed by atoms with Crippen LogP contribution in [0.1, 0.15) is 20.8 Å². The number of benzene rings is 2. The number of amides is 1. The van der Waals surface area contributed by atoms with Crippen LogP contribution in [0.3, 0.4) is 0 Å². The second-order valence-corrected chi connectivity index (χ2v) is 8.66. The lowest BCUT2D eigenvalue weighted by molar-refractivity contribution is -0.184. The van der Waals surface area contributed by atoms with E-state index in [-0.39, 0.29) is 29.4 Å². The molecule has 0 aliphatic rings. The summed E-state index contributed by atoms with van der Waals surface area (Å²) in [6.07, 6.45) is -6.03. The van der Waals surface area contributed by atoms with E-state index in [4.69, 9.17) is 4.74 Å². The maximum Gasteiger partial charge on any atom is 0.411 e. The number of carbonyl (C=O) groups is 1. The van der Waals surface area contributed by atoms with Crippen LogP contribution in [0.4, 0.5) is 18.9 Å². The highest BCUT2D eigenvalue weighted by Gasteiger charge is 2.30. The molecule has 1 atom stereocenters. The lowest BCUT2D eigenvalue weighted by atomic mass is 10.2. The summed E-state index contributed by atoms with van der Waals surface area (Å²) in [5.41, 5.74) is -0.0189. The molecule has 0 radical (unpaired) electrons. The van der Waals surface area contributed by atoms with E-state index in [1.54, 1.807) is 44.2 Å². The maximum absolute atomic E-state index is 12.9. The van der Waals surface area contributed by atoms with Crippen LogP contribution in [0.5, 0.6) is 11.5 Å². The summed E-state index contributed by atoms with van der Waals surface area (Å²) in [5, 5.41) is 2.42. The molecular formula is C21H25F3N2O5S. The highest BCUT2D eigenvalue weighted by molar-refractivity contribution is 7.89. The zero-order chi connectivity index (χ0) is 23.9. The molecule has 2 aromatic carbocycles. The highest BCUT2D eigenvalue weighted by atomic mass is 32.2. The third-order valence-corrected chi connectivity index (χ3v) is 6.44. The third kappa shape index (κ3) is 6.94. The number of nitrogens with one attached hydrogen (secondary N) is 1. The van der Waals surface area contributed by atoms with Gasteiger partial charge in [0.2, 0.25) is 10.0 Å². The second-order valence-electron chi connectivity index (χ2n) is 6.72. The van der Waals surface area contributed by atoms with Crippen molar-refractivity contribution in [1.82, 2.24) is 4.31 Å². The molecule has 0 saturated carbocycles. The molecule has 7 nitrogen and oxygen atoms in total. The van der Waals surface area contributed by atoms with Gasteiger partial charge < -0.3 is 14.8 Å². The van der Waals surface area contributed by atoms with Gasteiger partial charge in [0, 0.05) is 13.1 Å². The number of alkyl halides is 3. The van der Waals surface area contributed by atoms with Gasteiger partial charge in [-0.2, -0.15) is 17.5 Å². The average Bonchev–Trinajstić information content (AvgIpc) is 2.74. The largest absolute Gasteiger partial charge is 0.455 e. The monoisotopic (exact) mass is 474 g/mol. The first-order chi connectivity index (χ1) is 15.0. The van der Waals surface area contributed by atoms with Crippen LogP contribution < -0.4 is 10.1 Å². The fourth-order valence-electron chi connectivity index (χ4n) is 2.71. The topological polar surface area (TPSA) is 84.9 Å². The van der Waals surface area contributed by atoms with Crippen LogP contribution in [0.25, 0.3) is 0 Å². The van der Waals surface area contributed by atoms with Gasteiger partial charge in [0.1, 0.15) is 18.5 Å². The quantitative estimate of drug-likeness (QED) is 0.551. The molecule has 1 unspecified atom stereocenters. The van der Waals surface area contributed by atoms with Gasteiger partial charge in [-0.15, -0.1) is 0 Å². The average molecular weight is 475 g/mol. The van der Waals surface area contributed by atoms with Crippen LogP contribution in [0.2, 0.25) is 0 Å². The number of sulfonamides is 1. The Bertz CT molecular complexity index is 1010. The Morgan fingerprint density at radius 1 is 1.09 bits per heavy atom. The molecule has 0 heterocycles. The number of rotatable bonds is 10. The number of para-hydroxylation sites is 1. The number of ether oxygens (including phenoxy) is 2. The van der Waals surface area contributed by atoms with E-state index in [0.717, 1.165) is 6.92 Å². The fraction of sp³-hybridized carbons (Fsp3) is 0.381. The summed E-state index contributed by atoms with van der Waals surface area (Å²) in [7, 11) is -3.85. The number of halogens is 3. The standard InChI is InChI=1S/C21H25F3N2O5S/c1-4-26(5-2)32(28,29)17-11-12-19(31-16-9-7-6-8-10-16)18(13-17)25-20(27)15(3)30-14-21(22,23)24/h6-13,15H,4-5,14H2,1-3H3,(H,25,27). The van der Waals surface area contributed by atoms with Crippen molar-refractivity contribution in [2.45, 2.75) is 37.9 Å². The van der Waals surface area contributed by atoms with Gasteiger partial charge in [-0.1, -0.05) is 32.0 Å². The van der Waals surface area contributed by atoms with Crippen molar-refractivity contribution in [1.29, 1.82) is 0 Å². The maximum atomic E-state index is 12.9. The first-order valence-corrected chi connectivity index (χ1v) is 11.3. The number of hydrogen-bond acceptors (Lipinski definition) is 5. The first kappa shape index (κ1) is 25.6. The van der Waals surface area contributed by atoms with Crippen molar-refractivity contribution >= 4 is 21.6 Å². The molecule has 2 rings (SSSR count). The summed E-state index contributed by atoms with van der Waals surface area (Å²) in [6, 6.07) is 12.4. The molecule has 0 bridgehead atoms. The Kier molecular flexibility index (Phi) is 8.65. The SMILES string of the molecule is CCN(CC)S(=O)(=O)c1ccc(Oc2ccccc2)c(NC(=O)C(C)OCC(F)(F)F)c1. The molecule has 32 heavy (non-hydrogen) atoms. The first-order valence-electron chi connectivity index (χ1n) is 9.84. The van der Waals surface area contributed by atoms with Crippen LogP contribution in [-0.4, -0.2) is 50.6 Å². The van der Waals surface area contributed by atoms with E-state index >= 15 is 0 Å². The van der Waals surface area contributed by atoms with E-state index < -0.39 is 34.8 Å². The molecule has 1 N–H and O–H groups in total. The van der Waals surface area contributed by atoms with E-state index in [1.165, 1.54) is 22.5 Å². The lowest BCUT2D eigenvalue weighted by Gasteiger charge is -2.21. The molecule has 0 spiro atoms. The van der Waals surface area contributed by atoms with Crippen LogP contribution in [-0.2, 0) is 19.6 Å². The molecule has 0 aliphatic carbocycles. The van der Waals surface area contributed by atoms with Gasteiger partial charge in [0.05, 0.1) is 10.6 Å². The Balaban J connectivity index is 2.37. The molecule has 0 saturated heterocycles. The smallest absolute Gasteiger partial charge is 0.411 e. The lowest BCUT2D eigenvalue weighted by Crippen LogP contribution is -2.32. The molecule has 0 aliphatic heterocycles. The van der Waals surface area contributed by atoms with E-state index in [9.17, 15) is 26.4 Å². The van der Waals surface area contributed by atoms with Gasteiger partial charge in [-0.3, -0.25) is 4.79 Å². The number of carbonyl (C=O) groups excluding carboxylic acids is 1. The Morgan fingerprint density at radius 3 is 2.28 bits per heavy atom. The Hall–Kier alpha value is -2.63. The summed E-state index contributed by atoms with van der Waals surface area (Å²) >= 11 is 0. The Morgan fingerprint density at radius 2 is 1.72 bits per heavy atom. The Labute approximate surface area is 185 Å². The minimum atomic E-state index is -4.59. The third-order valence-electron chi connectivity index (χ3n) is 4.39. The summed E-state index contributed by atoms with van der Waals surface area (Å²) < 4.78 is 74.5. The molecule has 2 aromatic rings. The number of nitrogens with zero attached hydrogens (tertiary/aromatic N) is 1. The normalized spacial score (nSPS) is 13.1. The molecule has 1 amide bonds. The van der Waals surface area contributed by atoms with Gasteiger partial charge >= 0.3 is 6.18 Å². The predicted molar refractivity (Wildman–Crippen MR) is 113 cm³/mol. The van der Waals surface area contributed by atoms with E-state index in [0.29, 0.717) is 5.75 Å². The summed E-state index contributed by atoms with van der Waals surface area (Å²) in [4.78, 5) is 12.3. The molecule has 0 fully saturated rings. The molecule has 11 heteroatoms. The fourth-order valence-corrected chi connectivity index (χ4v) is 4.20. The van der Waals surface area contributed by atoms with E-state index in [2.05, 4.69) is 10.1 Å². The summed E-state index contributed by atoms with van der Waals surface area (Å²) in [6.45, 7) is 3.43. The van der Waals surface area contributed by atoms with Crippen molar-refractivity contribution in [3.63, 3.8) is 0 Å². The minimum Gasteiger partial charge on any atom is -0.455 e. The van der Waals surface area contributed by atoms with Crippen LogP contribution in [0, 0.1) is 0 Å². The minimum absolute atomic E-state index is 0.0189. The van der Waals surface area contributed by atoms with Gasteiger partial charge in [0.25, 0.3) is 5.91 Å². The van der Waals surface area contributed by atoms with Crippen molar-refractivity contribution in [2.24, 2.45) is 0 Å². The highest BCUT2D eigenvalue weighted by Crippen LogP contribution is 2.33. The molecule has 0 aromatic heterocycles. The van der Waals surface area contributed by atoms with Gasteiger partial charge in [-0.25, -0.2) is 8.42 Å². The van der Waals surface area contributed by atoms with Crippen LogP contribution >= 0.6 is 0 Å². The molecular weight excluding hydrogens is 449 g/mol. The second kappa shape index (κ2) is 10.8.